The van der Waals surface area contributed by atoms with Gasteiger partial charge in [0, 0.05) is 25.0 Å². The van der Waals surface area contributed by atoms with Crippen LogP contribution in [0.3, 0.4) is 0 Å². The monoisotopic (exact) mass is 325 g/mol. The quantitative estimate of drug-likeness (QED) is 0.630. The number of fused-ring (bicyclic) bond motifs is 1. The maximum Gasteiger partial charge on any atom is 0.0889 e. The second-order valence-corrected chi connectivity index (χ2v) is 7.27. The molecule has 2 aromatic carbocycles. The Balaban J connectivity index is 2.01. The van der Waals surface area contributed by atoms with Gasteiger partial charge in [0.25, 0.3) is 0 Å². The van der Waals surface area contributed by atoms with Crippen LogP contribution in [0.2, 0.25) is 10.0 Å². The van der Waals surface area contributed by atoms with E-state index >= 15 is 0 Å². The number of rotatable bonds is 2. The molecule has 0 amide bonds. The van der Waals surface area contributed by atoms with E-state index in [-0.39, 0.29) is 0 Å². The van der Waals surface area contributed by atoms with Gasteiger partial charge in [-0.25, -0.2) is 0 Å². The average Bonchev–Trinajstić information content (AvgIpc) is 2.70. The van der Waals surface area contributed by atoms with E-state index in [1.165, 1.54) is 0 Å². The van der Waals surface area contributed by atoms with Crippen molar-refractivity contribution in [1.29, 1.82) is 0 Å². The number of halogens is 2. The molecule has 0 bridgehead atoms. The van der Waals surface area contributed by atoms with Gasteiger partial charge < -0.3 is 5.73 Å². The highest BCUT2D eigenvalue weighted by Gasteiger charge is 2.11. The number of hydrogen-bond donors (Lipinski definition) is 1. The Morgan fingerprint density at radius 3 is 2.37 bits per heavy atom. The lowest BCUT2D eigenvalue weighted by Gasteiger charge is -2.00. The van der Waals surface area contributed by atoms with E-state index in [0.717, 1.165) is 29.9 Å². The molecule has 3 aromatic rings. The molecule has 0 saturated carbocycles. The molecule has 19 heavy (non-hydrogen) atoms. The molecule has 5 heteroatoms. The summed E-state index contributed by atoms with van der Waals surface area (Å²) >= 11 is 15.2. The minimum absolute atomic E-state index is 0.708. The maximum atomic E-state index is 6.19. The van der Waals surface area contributed by atoms with E-state index in [1.54, 1.807) is 23.1 Å². The second kappa shape index (κ2) is 5.25. The first-order valence-electron chi connectivity index (χ1n) is 5.54. The molecular formula is C14H9Cl2NS2. The minimum Gasteiger partial charge on any atom is -0.397 e. The van der Waals surface area contributed by atoms with Crippen LogP contribution in [-0.2, 0) is 0 Å². The number of nitrogens with two attached hydrogens (primary N) is 1. The van der Waals surface area contributed by atoms with Gasteiger partial charge in [-0.1, -0.05) is 35.0 Å². The molecular weight excluding hydrogens is 317 g/mol. The largest absolute Gasteiger partial charge is 0.397 e. The summed E-state index contributed by atoms with van der Waals surface area (Å²) in [5, 5.41) is 2.47. The summed E-state index contributed by atoms with van der Waals surface area (Å²) in [5.41, 5.74) is 6.98. The maximum absolute atomic E-state index is 6.19. The molecule has 0 radical (unpaired) electrons. The Morgan fingerprint density at radius 1 is 0.947 bits per heavy atom. The van der Waals surface area contributed by atoms with Crippen molar-refractivity contribution >= 4 is 62.1 Å². The van der Waals surface area contributed by atoms with Crippen LogP contribution >= 0.6 is 46.3 Å². The highest BCUT2D eigenvalue weighted by Crippen LogP contribution is 2.44. The zero-order valence-electron chi connectivity index (χ0n) is 9.69. The Labute approximate surface area is 129 Å². The van der Waals surface area contributed by atoms with E-state index in [4.69, 9.17) is 28.9 Å². The van der Waals surface area contributed by atoms with Crippen molar-refractivity contribution in [2.45, 2.75) is 9.10 Å². The zero-order chi connectivity index (χ0) is 13.4. The molecule has 0 spiro atoms. The SMILES string of the molecule is Nc1c(Sc2ccc(Cl)cc2)sc2ccc(Cl)cc12. The van der Waals surface area contributed by atoms with Crippen LogP contribution in [0.15, 0.2) is 51.6 Å². The van der Waals surface area contributed by atoms with Crippen LogP contribution < -0.4 is 5.73 Å². The van der Waals surface area contributed by atoms with Gasteiger partial charge in [0.15, 0.2) is 0 Å². The molecule has 0 aliphatic rings. The highest BCUT2D eigenvalue weighted by molar-refractivity contribution is 8.01. The Morgan fingerprint density at radius 2 is 1.63 bits per heavy atom. The third kappa shape index (κ3) is 2.70. The van der Waals surface area contributed by atoms with Gasteiger partial charge in [-0.3, -0.25) is 0 Å². The van der Waals surface area contributed by atoms with Gasteiger partial charge in [-0.05, 0) is 42.5 Å². The van der Waals surface area contributed by atoms with E-state index < -0.39 is 0 Å². The average molecular weight is 326 g/mol. The lowest BCUT2D eigenvalue weighted by atomic mass is 10.2. The van der Waals surface area contributed by atoms with Crippen LogP contribution in [0.5, 0.6) is 0 Å². The van der Waals surface area contributed by atoms with Gasteiger partial charge in [0.2, 0.25) is 0 Å². The van der Waals surface area contributed by atoms with Crippen molar-refractivity contribution in [2.75, 3.05) is 5.73 Å². The fourth-order valence-electron chi connectivity index (χ4n) is 1.75. The predicted octanol–water partition coefficient (Wildman–Crippen LogP) is 5.94. The number of benzene rings is 2. The van der Waals surface area contributed by atoms with Crippen LogP contribution in [0, 0.1) is 0 Å². The van der Waals surface area contributed by atoms with Gasteiger partial charge in [-0.2, -0.15) is 0 Å². The van der Waals surface area contributed by atoms with E-state index in [0.29, 0.717) is 5.02 Å². The lowest BCUT2D eigenvalue weighted by Crippen LogP contribution is -1.83. The number of hydrogen-bond acceptors (Lipinski definition) is 3. The molecule has 2 N–H and O–H groups in total. The first kappa shape index (κ1) is 13.1. The number of anilines is 1. The van der Waals surface area contributed by atoms with Gasteiger partial charge in [0.05, 0.1) is 9.90 Å². The van der Waals surface area contributed by atoms with Crippen molar-refractivity contribution in [1.82, 2.24) is 0 Å². The summed E-state index contributed by atoms with van der Waals surface area (Å²) in [4.78, 5) is 1.12. The molecule has 3 rings (SSSR count). The molecule has 96 valence electrons. The second-order valence-electron chi connectivity index (χ2n) is 4.00. The Bertz CT molecular complexity index is 735. The lowest BCUT2D eigenvalue weighted by molar-refractivity contribution is 1.46. The van der Waals surface area contributed by atoms with Crippen LogP contribution in [0.1, 0.15) is 0 Å². The van der Waals surface area contributed by atoms with Gasteiger partial charge in [0.1, 0.15) is 0 Å². The van der Waals surface area contributed by atoms with Crippen molar-refractivity contribution in [3.8, 4) is 0 Å². The molecule has 0 unspecified atom stereocenters. The van der Waals surface area contributed by atoms with Crippen LogP contribution in [-0.4, -0.2) is 0 Å². The summed E-state index contributed by atoms with van der Waals surface area (Å²) < 4.78 is 2.23. The standard InChI is InChI=1S/C14H9Cl2NS2/c15-8-1-4-10(5-2-8)18-14-13(17)11-7-9(16)3-6-12(11)19-14/h1-7H,17H2. The fourth-order valence-corrected chi connectivity index (χ4v) is 4.32. The first-order valence-corrected chi connectivity index (χ1v) is 7.93. The predicted molar refractivity (Wildman–Crippen MR) is 86.8 cm³/mol. The number of nitrogen functional groups attached to an aromatic ring is 1. The van der Waals surface area contributed by atoms with Crippen LogP contribution in [0.4, 0.5) is 5.69 Å². The third-order valence-corrected chi connectivity index (χ3v) is 5.56. The minimum atomic E-state index is 0.708. The van der Waals surface area contributed by atoms with E-state index in [1.807, 2.05) is 42.5 Å². The van der Waals surface area contributed by atoms with Crippen molar-refractivity contribution in [3.63, 3.8) is 0 Å². The highest BCUT2D eigenvalue weighted by atomic mass is 35.5. The fraction of sp³-hybridized carbons (Fsp3) is 0. The molecule has 1 nitrogen and oxygen atoms in total. The van der Waals surface area contributed by atoms with Crippen molar-refractivity contribution in [2.24, 2.45) is 0 Å². The summed E-state index contributed by atoms with van der Waals surface area (Å²) in [6.07, 6.45) is 0. The van der Waals surface area contributed by atoms with Gasteiger partial charge in [-0.15, -0.1) is 11.3 Å². The van der Waals surface area contributed by atoms with Gasteiger partial charge >= 0.3 is 0 Å². The third-order valence-electron chi connectivity index (χ3n) is 2.68. The van der Waals surface area contributed by atoms with Crippen LogP contribution in [0.25, 0.3) is 10.1 Å². The van der Waals surface area contributed by atoms with Crippen molar-refractivity contribution in [3.05, 3.63) is 52.5 Å². The normalized spacial score (nSPS) is 11.1. The molecule has 0 aliphatic heterocycles. The molecule has 1 heterocycles. The topological polar surface area (TPSA) is 26.0 Å². The smallest absolute Gasteiger partial charge is 0.0889 e. The number of thiophene rings is 1. The Kier molecular flexibility index (Phi) is 3.63. The van der Waals surface area contributed by atoms with E-state index in [2.05, 4.69) is 0 Å². The summed E-state index contributed by atoms with van der Waals surface area (Å²) in [5.74, 6) is 0. The molecule has 0 atom stereocenters. The molecule has 0 fully saturated rings. The molecule has 0 saturated heterocycles. The molecule has 1 aromatic heterocycles. The summed E-state index contributed by atoms with van der Waals surface area (Å²) in [6.45, 7) is 0. The zero-order valence-corrected chi connectivity index (χ0v) is 12.8. The summed E-state index contributed by atoms with van der Waals surface area (Å²) in [6, 6.07) is 13.5. The van der Waals surface area contributed by atoms with Crippen molar-refractivity contribution < 1.29 is 0 Å². The summed E-state index contributed by atoms with van der Waals surface area (Å²) in [7, 11) is 0. The molecule has 0 aliphatic carbocycles. The first-order chi connectivity index (χ1) is 9.13. The van der Waals surface area contributed by atoms with E-state index in [9.17, 15) is 0 Å². The Hall–Kier alpha value is -0.870.